The van der Waals surface area contributed by atoms with Gasteiger partial charge in [0.2, 0.25) is 0 Å². The number of hydrogen-bond acceptors (Lipinski definition) is 4. The van der Waals surface area contributed by atoms with Crippen molar-refractivity contribution in [2.45, 2.75) is 31.9 Å². The third kappa shape index (κ3) is 6.45. The van der Waals surface area contributed by atoms with E-state index in [1.165, 1.54) is 0 Å². The van der Waals surface area contributed by atoms with Gasteiger partial charge < -0.3 is 15.2 Å². The van der Waals surface area contributed by atoms with Crippen LogP contribution >= 0.6 is 11.6 Å². The van der Waals surface area contributed by atoms with Crippen molar-refractivity contribution in [3.05, 3.63) is 65.7 Å². The summed E-state index contributed by atoms with van der Waals surface area (Å²) in [5, 5.41) is 13.5. The standard InChI is InChI=1S/C21H26ClNO3/c1-16(21(25)18-6-3-2-4-7-18)23-14-12-20(24)17-8-10-19(11-9-17)26-15-5-13-22/h2-4,6-11,16,21,23,25H,5,12-15H2,1H3. The van der Waals surface area contributed by atoms with Crippen LogP contribution in [0, 0.1) is 0 Å². The van der Waals surface area contributed by atoms with E-state index < -0.39 is 6.10 Å². The van der Waals surface area contributed by atoms with Crippen LogP contribution < -0.4 is 10.1 Å². The Hall–Kier alpha value is -1.88. The molecule has 0 fully saturated rings. The molecule has 0 heterocycles. The first kappa shape index (κ1) is 20.4. The zero-order valence-corrected chi connectivity index (χ0v) is 15.8. The maximum Gasteiger partial charge on any atom is 0.164 e. The second-order valence-electron chi connectivity index (χ2n) is 6.19. The molecule has 0 saturated carbocycles. The molecule has 0 aliphatic rings. The fourth-order valence-corrected chi connectivity index (χ4v) is 2.70. The van der Waals surface area contributed by atoms with Gasteiger partial charge >= 0.3 is 0 Å². The van der Waals surface area contributed by atoms with Gasteiger partial charge in [0.25, 0.3) is 0 Å². The number of hydrogen-bond donors (Lipinski definition) is 2. The molecule has 0 aromatic heterocycles. The number of alkyl halides is 1. The number of ether oxygens (including phenoxy) is 1. The van der Waals surface area contributed by atoms with Crippen LogP contribution in [0.3, 0.4) is 0 Å². The number of aliphatic hydroxyl groups excluding tert-OH is 1. The van der Waals surface area contributed by atoms with E-state index in [4.69, 9.17) is 16.3 Å². The predicted molar refractivity (Wildman–Crippen MR) is 105 cm³/mol. The maximum atomic E-state index is 12.3. The maximum absolute atomic E-state index is 12.3. The summed E-state index contributed by atoms with van der Waals surface area (Å²) in [5.74, 6) is 1.37. The fourth-order valence-electron chi connectivity index (χ4n) is 2.59. The van der Waals surface area contributed by atoms with Crippen LogP contribution in [0.4, 0.5) is 0 Å². The monoisotopic (exact) mass is 375 g/mol. The first-order chi connectivity index (χ1) is 12.6. The minimum atomic E-state index is -0.601. The molecule has 2 unspecified atom stereocenters. The van der Waals surface area contributed by atoms with E-state index in [-0.39, 0.29) is 11.8 Å². The van der Waals surface area contributed by atoms with E-state index in [0.717, 1.165) is 17.7 Å². The van der Waals surface area contributed by atoms with E-state index in [0.29, 0.717) is 31.0 Å². The van der Waals surface area contributed by atoms with Gasteiger partial charge in [0, 0.05) is 30.5 Å². The Morgan fingerprint density at radius 1 is 1.15 bits per heavy atom. The van der Waals surface area contributed by atoms with Crippen molar-refractivity contribution in [3.63, 3.8) is 0 Å². The van der Waals surface area contributed by atoms with Crippen molar-refractivity contribution in [2.75, 3.05) is 19.0 Å². The lowest BCUT2D eigenvalue weighted by Crippen LogP contribution is -2.33. The highest BCUT2D eigenvalue weighted by atomic mass is 35.5. The zero-order chi connectivity index (χ0) is 18.8. The third-order valence-corrected chi connectivity index (χ3v) is 4.42. The van der Waals surface area contributed by atoms with Gasteiger partial charge in [-0.1, -0.05) is 30.3 Å². The number of aliphatic hydroxyl groups is 1. The molecule has 2 aromatic rings. The Morgan fingerprint density at radius 2 is 1.85 bits per heavy atom. The number of carbonyl (C=O) groups excluding carboxylic acids is 1. The van der Waals surface area contributed by atoms with Crippen LogP contribution in [0.5, 0.6) is 5.75 Å². The Bertz CT molecular complexity index is 661. The molecule has 0 radical (unpaired) electrons. The van der Waals surface area contributed by atoms with E-state index in [2.05, 4.69) is 5.32 Å². The Kier molecular flexibility index (Phi) is 8.62. The highest BCUT2D eigenvalue weighted by Crippen LogP contribution is 2.16. The molecular formula is C21H26ClNO3. The molecule has 0 aliphatic carbocycles. The molecule has 26 heavy (non-hydrogen) atoms. The number of carbonyl (C=O) groups is 1. The quantitative estimate of drug-likeness (QED) is 0.354. The fraction of sp³-hybridized carbons (Fsp3) is 0.381. The first-order valence-electron chi connectivity index (χ1n) is 8.90. The van der Waals surface area contributed by atoms with Crippen molar-refractivity contribution in [2.24, 2.45) is 0 Å². The van der Waals surface area contributed by atoms with Gasteiger partial charge in [-0.15, -0.1) is 11.6 Å². The van der Waals surface area contributed by atoms with Gasteiger partial charge in [-0.05, 0) is 43.2 Å². The molecule has 0 amide bonds. The lowest BCUT2D eigenvalue weighted by atomic mass is 10.0. The number of halogens is 1. The van der Waals surface area contributed by atoms with Crippen LogP contribution in [0.2, 0.25) is 0 Å². The normalized spacial score (nSPS) is 13.2. The van der Waals surface area contributed by atoms with Crippen LogP contribution in [0.1, 0.15) is 41.8 Å². The third-order valence-electron chi connectivity index (χ3n) is 4.16. The summed E-state index contributed by atoms with van der Waals surface area (Å²) in [6.07, 6.45) is 0.565. The molecule has 0 bridgehead atoms. The van der Waals surface area contributed by atoms with E-state index >= 15 is 0 Å². The minimum absolute atomic E-state index is 0.0613. The smallest absolute Gasteiger partial charge is 0.164 e. The van der Waals surface area contributed by atoms with E-state index in [1.807, 2.05) is 37.3 Å². The molecule has 4 nitrogen and oxygen atoms in total. The van der Waals surface area contributed by atoms with Crippen molar-refractivity contribution in [1.29, 1.82) is 0 Å². The summed E-state index contributed by atoms with van der Waals surface area (Å²) in [6.45, 7) is 3.00. The van der Waals surface area contributed by atoms with Crippen molar-refractivity contribution >= 4 is 17.4 Å². The van der Waals surface area contributed by atoms with Gasteiger partial charge in [-0.3, -0.25) is 4.79 Å². The van der Waals surface area contributed by atoms with E-state index in [1.54, 1.807) is 24.3 Å². The number of nitrogens with one attached hydrogen (secondary N) is 1. The highest BCUT2D eigenvalue weighted by Gasteiger charge is 2.16. The summed E-state index contributed by atoms with van der Waals surface area (Å²) in [4.78, 5) is 12.3. The molecule has 0 spiro atoms. The molecule has 2 N–H and O–H groups in total. The molecular weight excluding hydrogens is 350 g/mol. The summed E-state index contributed by atoms with van der Waals surface area (Å²) in [7, 11) is 0. The summed E-state index contributed by atoms with van der Waals surface area (Å²) < 4.78 is 5.53. The largest absolute Gasteiger partial charge is 0.494 e. The van der Waals surface area contributed by atoms with Gasteiger partial charge in [0.15, 0.2) is 5.78 Å². The van der Waals surface area contributed by atoms with Crippen LogP contribution in [-0.4, -0.2) is 36.0 Å². The molecule has 0 saturated heterocycles. The zero-order valence-electron chi connectivity index (χ0n) is 15.0. The number of rotatable bonds is 11. The average molecular weight is 376 g/mol. The van der Waals surface area contributed by atoms with Gasteiger partial charge in [-0.2, -0.15) is 0 Å². The first-order valence-corrected chi connectivity index (χ1v) is 9.43. The molecule has 2 aromatic carbocycles. The Labute approximate surface area is 160 Å². The lowest BCUT2D eigenvalue weighted by molar-refractivity contribution is 0.0972. The van der Waals surface area contributed by atoms with Crippen LogP contribution in [0.15, 0.2) is 54.6 Å². The summed E-state index contributed by atoms with van der Waals surface area (Å²) >= 11 is 5.61. The summed E-state index contributed by atoms with van der Waals surface area (Å²) in [5.41, 5.74) is 1.52. The van der Waals surface area contributed by atoms with Gasteiger partial charge in [0.1, 0.15) is 5.75 Å². The lowest BCUT2D eigenvalue weighted by Gasteiger charge is -2.20. The second kappa shape index (κ2) is 11.0. The molecule has 5 heteroatoms. The van der Waals surface area contributed by atoms with Crippen LogP contribution in [-0.2, 0) is 0 Å². The average Bonchev–Trinajstić information content (AvgIpc) is 2.68. The van der Waals surface area contributed by atoms with Crippen molar-refractivity contribution in [3.8, 4) is 5.75 Å². The van der Waals surface area contributed by atoms with Gasteiger partial charge in [0.05, 0.1) is 12.7 Å². The molecule has 140 valence electrons. The predicted octanol–water partition coefficient (Wildman–Crippen LogP) is 3.98. The molecule has 0 aliphatic heterocycles. The Balaban J connectivity index is 1.76. The van der Waals surface area contributed by atoms with Crippen LogP contribution in [0.25, 0.3) is 0 Å². The number of benzene rings is 2. The topological polar surface area (TPSA) is 58.6 Å². The van der Waals surface area contributed by atoms with Crippen molar-refractivity contribution in [1.82, 2.24) is 5.32 Å². The number of Topliss-reactive ketones (excluding diaryl/α,β-unsaturated/α-hetero) is 1. The van der Waals surface area contributed by atoms with E-state index in [9.17, 15) is 9.90 Å². The summed E-state index contributed by atoms with van der Waals surface area (Å²) in [6, 6.07) is 16.5. The van der Waals surface area contributed by atoms with Gasteiger partial charge in [-0.25, -0.2) is 0 Å². The highest BCUT2D eigenvalue weighted by molar-refractivity contribution is 6.17. The Morgan fingerprint density at radius 3 is 2.50 bits per heavy atom. The molecule has 2 atom stereocenters. The minimum Gasteiger partial charge on any atom is -0.494 e. The number of ketones is 1. The molecule has 2 rings (SSSR count). The SMILES string of the molecule is CC(NCCC(=O)c1ccc(OCCCCl)cc1)C(O)c1ccccc1. The second-order valence-corrected chi connectivity index (χ2v) is 6.56. The van der Waals surface area contributed by atoms with Crippen molar-refractivity contribution < 1.29 is 14.6 Å².